The average Bonchev–Trinajstić information content (AvgIpc) is 2.95. The summed E-state index contributed by atoms with van der Waals surface area (Å²) in [4.78, 5) is 2.41. The van der Waals surface area contributed by atoms with Crippen molar-refractivity contribution >= 4 is 10.8 Å². The standard InChI is InChI=1S/C19H25NO/c1-14(2)18-9-10-20(12-18)13-19(21)17-8-7-15-5-3-4-6-16(15)11-17/h3-8,11,14,18-19,21H,9-10,12-13H2,1-2H3. The SMILES string of the molecule is CC(C)C1CCN(CC(O)c2ccc3ccccc3c2)C1. The first-order valence-electron chi connectivity index (χ1n) is 8.02. The van der Waals surface area contributed by atoms with Crippen LogP contribution in [-0.2, 0) is 0 Å². The lowest BCUT2D eigenvalue weighted by atomic mass is 9.95. The molecule has 1 N–H and O–H groups in total. The molecule has 2 heteroatoms. The Morgan fingerprint density at radius 1 is 1.14 bits per heavy atom. The van der Waals surface area contributed by atoms with Crippen molar-refractivity contribution in [1.82, 2.24) is 4.90 Å². The summed E-state index contributed by atoms with van der Waals surface area (Å²) in [6.07, 6.45) is 0.878. The highest BCUT2D eigenvalue weighted by Crippen LogP contribution is 2.26. The fourth-order valence-corrected chi connectivity index (χ4v) is 3.34. The maximum absolute atomic E-state index is 10.5. The third-order valence-electron chi connectivity index (χ3n) is 4.84. The van der Waals surface area contributed by atoms with Gasteiger partial charge in [0.1, 0.15) is 0 Å². The van der Waals surface area contributed by atoms with Gasteiger partial charge < -0.3 is 10.0 Å². The van der Waals surface area contributed by atoms with Gasteiger partial charge in [0.15, 0.2) is 0 Å². The van der Waals surface area contributed by atoms with Crippen molar-refractivity contribution in [3.8, 4) is 0 Å². The first kappa shape index (κ1) is 14.6. The Balaban J connectivity index is 1.68. The van der Waals surface area contributed by atoms with Gasteiger partial charge in [-0.25, -0.2) is 0 Å². The van der Waals surface area contributed by atoms with E-state index in [1.807, 2.05) is 6.07 Å². The molecule has 1 heterocycles. The quantitative estimate of drug-likeness (QED) is 0.921. The molecule has 1 saturated heterocycles. The van der Waals surface area contributed by atoms with Crippen molar-refractivity contribution in [3.05, 3.63) is 48.0 Å². The fraction of sp³-hybridized carbons (Fsp3) is 0.474. The van der Waals surface area contributed by atoms with Crippen LogP contribution >= 0.6 is 0 Å². The van der Waals surface area contributed by atoms with E-state index >= 15 is 0 Å². The van der Waals surface area contributed by atoms with Gasteiger partial charge in [0, 0.05) is 13.1 Å². The summed E-state index contributed by atoms with van der Waals surface area (Å²) in [5, 5.41) is 13.0. The molecule has 0 amide bonds. The number of benzene rings is 2. The maximum atomic E-state index is 10.5. The summed E-state index contributed by atoms with van der Waals surface area (Å²) in [5.41, 5.74) is 1.03. The number of hydrogen-bond donors (Lipinski definition) is 1. The molecule has 2 nitrogen and oxygen atoms in total. The van der Waals surface area contributed by atoms with Gasteiger partial charge >= 0.3 is 0 Å². The summed E-state index contributed by atoms with van der Waals surface area (Å²) in [6.45, 7) is 7.60. The van der Waals surface area contributed by atoms with Crippen LogP contribution < -0.4 is 0 Å². The number of rotatable bonds is 4. The number of aliphatic hydroxyl groups is 1. The molecule has 2 atom stereocenters. The monoisotopic (exact) mass is 283 g/mol. The minimum Gasteiger partial charge on any atom is -0.387 e. The zero-order chi connectivity index (χ0) is 14.8. The molecule has 0 saturated carbocycles. The molecule has 3 rings (SSSR count). The molecular formula is C19H25NO. The van der Waals surface area contributed by atoms with Crippen molar-refractivity contribution < 1.29 is 5.11 Å². The zero-order valence-corrected chi connectivity index (χ0v) is 13.0. The molecule has 0 aromatic heterocycles. The van der Waals surface area contributed by atoms with Gasteiger partial charge in [0.2, 0.25) is 0 Å². The van der Waals surface area contributed by atoms with Gasteiger partial charge in [-0.2, -0.15) is 0 Å². The molecule has 1 aliphatic rings. The molecule has 0 spiro atoms. The van der Waals surface area contributed by atoms with Crippen LogP contribution in [0.25, 0.3) is 10.8 Å². The summed E-state index contributed by atoms with van der Waals surface area (Å²) in [7, 11) is 0. The number of fused-ring (bicyclic) bond motifs is 1. The Hall–Kier alpha value is -1.38. The first-order chi connectivity index (χ1) is 10.1. The first-order valence-corrected chi connectivity index (χ1v) is 8.02. The smallest absolute Gasteiger partial charge is 0.0917 e. The second-order valence-electron chi connectivity index (χ2n) is 6.67. The molecule has 112 valence electrons. The predicted molar refractivity (Wildman–Crippen MR) is 88.3 cm³/mol. The van der Waals surface area contributed by atoms with Crippen molar-refractivity contribution in [2.75, 3.05) is 19.6 Å². The van der Waals surface area contributed by atoms with Gasteiger partial charge in [0.25, 0.3) is 0 Å². The third-order valence-corrected chi connectivity index (χ3v) is 4.84. The second-order valence-corrected chi connectivity index (χ2v) is 6.67. The van der Waals surface area contributed by atoms with Crippen LogP contribution in [0.4, 0.5) is 0 Å². The van der Waals surface area contributed by atoms with E-state index in [2.05, 4.69) is 55.1 Å². The lowest BCUT2D eigenvalue weighted by Gasteiger charge is -2.21. The molecule has 21 heavy (non-hydrogen) atoms. The van der Waals surface area contributed by atoms with Crippen LogP contribution in [0.5, 0.6) is 0 Å². The minimum atomic E-state index is -0.388. The number of nitrogens with zero attached hydrogens (tertiary/aromatic N) is 1. The van der Waals surface area contributed by atoms with Gasteiger partial charge in [0.05, 0.1) is 6.10 Å². The van der Waals surface area contributed by atoms with Crippen molar-refractivity contribution in [2.45, 2.75) is 26.4 Å². The van der Waals surface area contributed by atoms with E-state index < -0.39 is 0 Å². The molecular weight excluding hydrogens is 258 g/mol. The van der Waals surface area contributed by atoms with Crippen LogP contribution in [0.1, 0.15) is 31.9 Å². The Morgan fingerprint density at radius 3 is 2.62 bits per heavy atom. The molecule has 1 fully saturated rings. The highest BCUT2D eigenvalue weighted by Gasteiger charge is 2.26. The van der Waals surface area contributed by atoms with Crippen LogP contribution in [0.3, 0.4) is 0 Å². The summed E-state index contributed by atoms with van der Waals surface area (Å²) in [5.74, 6) is 1.53. The lowest BCUT2D eigenvalue weighted by molar-refractivity contribution is 0.123. The van der Waals surface area contributed by atoms with E-state index in [9.17, 15) is 5.11 Å². The fourth-order valence-electron chi connectivity index (χ4n) is 3.34. The zero-order valence-electron chi connectivity index (χ0n) is 13.0. The normalized spacial score (nSPS) is 21.2. The number of likely N-dealkylation sites (tertiary alicyclic amines) is 1. The van der Waals surface area contributed by atoms with Crippen molar-refractivity contribution in [1.29, 1.82) is 0 Å². The maximum Gasteiger partial charge on any atom is 0.0917 e. The van der Waals surface area contributed by atoms with E-state index in [1.54, 1.807) is 0 Å². The topological polar surface area (TPSA) is 23.5 Å². The number of hydrogen-bond acceptors (Lipinski definition) is 2. The van der Waals surface area contributed by atoms with Gasteiger partial charge in [-0.3, -0.25) is 0 Å². The Kier molecular flexibility index (Phi) is 4.27. The van der Waals surface area contributed by atoms with Crippen molar-refractivity contribution in [3.63, 3.8) is 0 Å². The van der Waals surface area contributed by atoms with E-state index in [1.165, 1.54) is 17.2 Å². The van der Waals surface area contributed by atoms with Gasteiger partial charge in [-0.05, 0) is 47.2 Å². The van der Waals surface area contributed by atoms with Crippen LogP contribution in [0, 0.1) is 11.8 Å². The molecule has 0 aliphatic carbocycles. The summed E-state index contributed by atoms with van der Waals surface area (Å²) >= 11 is 0. The molecule has 0 radical (unpaired) electrons. The molecule has 2 aromatic carbocycles. The third kappa shape index (κ3) is 3.28. The predicted octanol–water partition coefficient (Wildman–Crippen LogP) is 3.85. The number of β-amino-alcohol motifs (C(OH)–C–C–N with tert-alkyl or cyclic N) is 1. The van der Waals surface area contributed by atoms with E-state index in [0.717, 1.165) is 37.0 Å². The summed E-state index contributed by atoms with van der Waals surface area (Å²) < 4.78 is 0. The van der Waals surface area contributed by atoms with Gasteiger partial charge in [-0.1, -0.05) is 50.2 Å². The molecule has 0 bridgehead atoms. The average molecular weight is 283 g/mol. The van der Waals surface area contributed by atoms with Gasteiger partial charge in [-0.15, -0.1) is 0 Å². The Morgan fingerprint density at radius 2 is 1.90 bits per heavy atom. The molecule has 2 unspecified atom stereocenters. The second kappa shape index (κ2) is 6.17. The summed E-state index contributed by atoms with van der Waals surface area (Å²) in [6, 6.07) is 14.6. The van der Waals surface area contributed by atoms with Crippen LogP contribution in [-0.4, -0.2) is 29.6 Å². The Labute approximate surface area is 127 Å². The molecule has 2 aromatic rings. The largest absolute Gasteiger partial charge is 0.387 e. The van der Waals surface area contributed by atoms with E-state index in [-0.39, 0.29) is 6.10 Å². The highest BCUT2D eigenvalue weighted by atomic mass is 16.3. The van der Waals surface area contributed by atoms with Crippen molar-refractivity contribution in [2.24, 2.45) is 11.8 Å². The van der Waals surface area contributed by atoms with E-state index in [4.69, 9.17) is 0 Å². The minimum absolute atomic E-state index is 0.388. The lowest BCUT2D eigenvalue weighted by Crippen LogP contribution is -2.27. The van der Waals surface area contributed by atoms with Crippen LogP contribution in [0.2, 0.25) is 0 Å². The molecule has 1 aliphatic heterocycles. The van der Waals surface area contributed by atoms with E-state index in [0.29, 0.717) is 0 Å². The number of aliphatic hydroxyl groups excluding tert-OH is 1. The Bertz CT molecular complexity index is 607. The van der Waals surface area contributed by atoms with Crippen LogP contribution in [0.15, 0.2) is 42.5 Å². The highest BCUT2D eigenvalue weighted by molar-refractivity contribution is 5.83.